The van der Waals surface area contributed by atoms with E-state index in [4.69, 9.17) is 0 Å². The highest BCUT2D eigenvalue weighted by Gasteiger charge is 2.22. The van der Waals surface area contributed by atoms with Gasteiger partial charge >= 0.3 is 16.2 Å². The Bertz CT molecular complexity index is 1120. The van der Waals surface area contributed by atoms with E-state index in [0.29, 0.717) is 36.6 Å². The second kappa shape index (κ2) is 9.10. The topological polar surface area (TPSA) is 105 Å². The van der Waals surface area contributed by atoms with Crippen molar-refractivity contribution < 1.29 is 18.3 Å². The molecule has 0 unspecified atom stereocenters. The summed E-state index contributed by atoms with van der Waals surface area (Å²) >= 11 is 0. The van der Waals surface area contributed by atoms with Gasteiger partial charge in [-0.1, -0.05) is 42.5 Å². The molecule has 0 aliphatic carbocycles. The van der Waals surface area contributed by atoms with Crippen LogP contribution >= 0.6 is 0 Å². The number of anilines is 1. The zero-order valence-corrected chi connectivity index (χ0v) is 17.6. The first kappa shape index (κ1) is 21.5. The van der Waals surface area contributed by atoms with Gasteiger partial charge in [0.1, 0.15) is 5.82 Å². The zero-order valence-electron chi connectivity index (χ0n) is 16.8. The molecule has 0 aliphatic rings. The largest absolute Gasteiger partial charge is 0.478 e. The number of carboxylic acids is 1. The number of benzene rings is 2. The van der Waals surface area contributed by atoms with Crippen molar-refractivity contribution in [2.24, 2.45) is 0 Å². The molecule has 0 radical (unpaired) electrons. The molecule has 0 saturated heterocycles. The minimum absolute atomic E-state index is 0.195. The maximum atomic E-state index is 12.7. The maximum Gasteiger partial charge on any atom is 0.337 e. The third-order valence-electron chi connectivity index (χ3n) is 4.57. The third-order valence-corrected chi connectivity index (χ3v) is 6.31. The van der Waals surface area contributed by atoms with Gasteiger partial charge in [0.15, 0.2) is 0 Å². The van der Waals surface area contributed by atoms with Gasteiger partial charge < -0.3 is 10.4 Å². The molecule has 3 rings (SSSR count). The van der Waals surface area contributed by atoms with Gasteiger partial charge in [0, 0.05) is 44.5 Å². The van der Waals surface area contributed by atoms with E-state index in [-0.39, 0.29) is 5.56 Å². The summed E-state index contributed by atoms with van der Waals surface area (Å²) in [4.78, 5) is 15.9. The molecule has 158 valence electrons. The van der Waals surface area contributed by atoms with Crippen molar-refractivity contribution in [1.82, 2.24) is 13.3 Å². The van der Waals surface area contributed by atoms with Gasteiger partial charge in [-0.3, -0.25) is 0 Å². The first-order chi connectivity index (χ1) is 14.3. The number of rotatable bonds is 9. The molecule has 2 N–H and O–H groups in total. The Labute approximate surface area is 176 Å². The van der Waals surface area contributed by atoms with Crippen LogP contribution in [0.3, 0.4) is 0 Å². The highest BCUT2D eigenvalue weighted by Crippen LogP contribution is 2.21. The molecule has 1 aromatic heterocycles. The number of nitrogens with one attached hydrogen (secondary N) is 1. The summed E-state index contributed by atoms with van der Waals surface area (Å²) in [5.41, 5.74) is 2.14. The Kier molecular flexibility index (Phi) is 6.53. The van der Waals surface area contributed by atoms with Gasteiger partial charge in [-0.05, 0) is 18.6 Å². The van der Waals surface area contributed by atoms with Crippen LogP contribution in [0.15, 0.2) is 60.8 Å². The lowest BCUT2D eigenvalue weighted by molar-refractivity contribution is 0.0698. The van der Waals surface area contributed by atoms with Crippen LogP contribution in [0.5, 0.6) is 0 Å². The predicted molar refractivity (Wildman–Crippen MR) is 116 cm³/mol. The van der Waals surface area contributed by atoms with Crippen LogP contribution in [-0.4, -0.2) is 53.4 Å². The van der Waals surface area contributed by atoms with Crippen molar-refractivity contribution in [2.45, 2.75) is 12.8 Å². The fourth-order valence-corrected chi connectivity index (χ4v) is 3.97. The van der Waals surface area contributed by atoms with Crippen LogP contribution in [-0.2, 0) is 16.6 Å². The minimum atomic E-state index is -3.71. The summed E-state index contributed by atoms with van der Waals surface area (Å²) in [5.74, 6) is -0.575. The predicted octanol–water partition coefficient (Wildman–Crippen LogP) is 2.95. The van der Waals surface area contributed by atoms with Crippen molar-refractivity contribution in [3.8, 4) is 11.3 Å². The maximum absolute atomic E-state index is 12.7. The van der Waals surface area contributed by atoms with E-state index in [0.717, 1.165) is 9.87 Å². The Morgan fingerprint density at radius 2 is 1.77 bits per heavy atom. The Morgan fingerprint density at radius 1 is 1.10 bits per heavy atom. The molecule has 0 fully saturated rings. The van der Waals surface area contributed by atoms with Gasteiger partial charge in [-0.2, -0.15) is 12.7 Å². The molecule has 2 aromatic carbocycles. The first-order valence-electron chi connectivity index (χ1n) is 9.43. The van der Waals surface area contributed by atoms with Gasteiger partial charge in [-0.25, -0.2) is 13.8 Å². The molecule has 1 heterocycles. The van der Waals surface area contributed by atoms with Crippen molar-refractivity contribution in [1.29, 1.82) is 0 Å². The monoisotopic (exact) mass is 428 g/mol. The van der Waals surface area contributed by atoms with Crippen molar-refractivity contribution in [3.63, 3.8) is 0 Å². The molecule has 30 heavy (non-hydrogen) atoms. The van der Waals surface area contributed by atoms with E-state index in [2.05, 4.69) is 10.3 Å². The number of para-hydroxylation sites is 1. The number of hydrogen-bond acceptors (Lipinski definition) is 5. The molecule has 9 heteroatoms. The summed E-state index contributed by atoms with van der Waals surface area (Å²) < 4.78 is 27.8. The normalized spacial score (nSPS) is 11.6. The number of nitrogens with zero attached hydrogens (tertiary/aromatic N) is 3. The second-order valence-electron chi connectivity index (χ2n) is 6.88. The smallest absolute Gasteiger partial charge is 0.337 e. The van der Waals surface area contributed by atoms with Crippen LogP contribution in [0, 0.1) is 0 Å². The van der Waals surface area contributed by atoms with Crippen molar-refractivity contribution in [3.05, 3.63) is 72.2 Å². The Hall–Kier alpha value is -3.17. The van der Waals surface area contributed by atoms with E-state index < -0.39 is 16.2 Å². The number of aromatic carboxylic acids is 1. The standard InChI is InChI=1S/C21H24N4O4S/c1-24(2)30(28,29)25-15-19(16-9-4-3-5-10-16)23-20(25)13-8-14-22-18-12-7-6-11-17(18)21(26)27/h3-7,9-12,15,22H,8,13-14H2,1-2H3,(H,26,27). The highest BCUT2D eigenvalue weighted by atomic mass is 32.2. The van der Waals surface area contributed by atoms with Crippen LogP contribution in [0.25, 0.3) is 11.3 Å². The van der Waals surface area contributed by atoms with Crippen LogP contribution in [0.1, 0.15) is 22.6 Å². The zero-order chi connectivity index (χ0) is 21.7. The van der Waals surface area contributed by atoms with Gasteiger partial charge in [-0.15, -0.1) is 0 Å². The third kappa shape index (κ3) is 4.69. The van der Waals surface area contributed by atoms with E-state index >= 15 is 0 Å². The average Bonchev–Trinajstić information content (AvgIpc) is 3.17. The fourth-order valence-electron chi connectivity index (χ4n) is 2.99. The first-order valence-corrected chi connectivity index (χ1v) is 10.8. The SMILES string of the molecule is CN(C)S(=O)(=O)n1cc(-c2ccccc2)nc1CCCNc1ccccc1C(=O)O. The lowest BCUT2D eigenvalue weighted by Crippen LogP contribution is -2.29. The number of carboxylic acid groups (broad SMARTS) is 1. The van der Waals surface area contributed by atoms with Gasteiger partial charge in [0.2, 0.25) is 0 Å². The van der Waals surface area contributed by atoms with Crippen LogP contribution < -0.4 is 5.32 Å². The van der Waals surface area contributed by atoms with Gasteiger partial charge in [0.25, 0.3) is 0 Å². The van der Waals surface area contributed by atoms with E-state index in [1.807, 2.05) is 30.3 Å². The summed E-state index contributed by atoms with van der Waals surface area (Å²) in [6.07, 6.45) is 2.51. The quantitative estimate of drug-likeness (QED) is 0.508. The number of imidazole rings is 1. The Morgan fingerprint density at radius 3 is 2.43 bits per heavy atom. The van der Waals surface area contributed by atoms with Crippen LogP contribution in [0.2, 0.25) is 0 Å². The molecule has 0 bridgehead atoms. The van der Waals surface area contributed by atoms with E-state index in [1.54, 1.807) is 18.2 Å². The van der Waals surface area contributed by atoms with Crippen molar-refractivity contribution in [2.75, 3.05) is 26.0 Å². The molecule has 3 aromatic rings. The van der Waals surface area contributed by atoms with E-state index in [9.17, 15) is 18.3 Å². The molecule has 0 amide bonds. The van der Waals surface area contributed by atoms with Gasteiger partial charge in [0.05, 0.1) is 11.3 Å². The second-order valence-corrected chi connectivity index (χ2v) is 8.89. The molecule has 0 atom stereocenters. The minimum Gasteiger partial charge on any atom is -0.478 e. The lowest BCUT2D eigenvalue weighted by Gasteiger charge is -2.14. The molecule has 8 nitrogen and oxygen atoms in total. The van der Waals surface area contributed by atoms with E-state index in [1.165, 1.54) is 30.3 Å². The summed E-state index contributed by atoms with van der Waals surface area (Å²) in [6.45, 7) is 0.472. The number of aryl methyl sites for hydroxylation is 1. The summed E-state index contributed by atoms with van der Waals surface area (Å²) in [7, 11) is -0.757. The molecule has 0 aliphatic heterocycles. The lowest BCUT2D eigenvalue weighted by atomic mass is 10.1. The fraction of sp³-hybridized carbons (Fsp3) is 0.238. The number of carbonyl (C=O) groups is 1. The molecule has 0 saturated carbocycles. The molecular formula is C21H24N4O4S. The van der Waals surface area contributed by atoms with Crippen LogP contribution in [0.4, 0.5) is 5.69 Å². The number of aromatic nitrogens is 2. The summed E-state index contributed by atoms with van der Waals surface area (Å²) in [6, 6.07) is 16.1. The summed E-state index contributed by atoms with van der Waals surface area (Å²) in [5, 5.41) is 12.4. The average molecular weight is 429 g/mol. The number of hydrogen-bond donors (Lipinski definition) is 2. The molecular weight excluding hydrogens is 404 g/mol. The highest BCUT2D eigenvalue weighted by molar-refractivity contribution is 7.87. The molecule has 0 spiro atoms. The Balaban J connectivity index is 1.78. The van der Waals surface area contributed by atoms with Crippen molar-refractivity contribution >= 4 is 21.9 Å².